The Morgan fingerprint density at radius 3 is 2.69 bits per heavy atom. The highest BCUT2D eigenvalue weighted by molar-refractivity contribution is 9.10. The number of amides is 1. The minimum atomic E-state index is -0.531. The fraction of sp³-hybridized carbons (Fsp3) is 0.125. The van der Waals surface area contributed by atoms with Crippen molar-refractivity contribution in [3.8, 4) is 5.75 Å². The summed E-state index contributed by atoms with van der Waals surface area (Å²) in [6.07, 6.45) is 0. The maximum atomic E-state index is 10.9. The summed E-state index contributed by atoms with van der Waals surface area (Å²) in [5, 5.41) is 0.361. The molecule has 0 atom stereocenters. The average Bonchev–Trinajstić information content (AvgIpc) is 2.07. The highest BCUT2D eigenvalue weighted by atomic mass is 79.9. The number of rotatable bonds is 2. The molecule has 0 bridgehead atoms. The Morgan fingerprint density at radius 2 is 2.23 bits per heavy atom. The molecule has 0 aliphatic carbocycles. The molecule has 0 saturated heterocycles. The standard InChI is InChI=1S/C8H7BrClNO2/c1-13-7-3-5(9)4(8(11)12)2-6(7)10/h2-3H,1H3,(H2,11,12). The van der Waals surface area contributed by atoms with Crippen LogP contribution in [0.25, 0.3) is 0 Å². The van der Waals surface area contributed by atoms with Crippen LogP contribution in [0.5, 0.6) is 5.75 Å². The molecule has 2 N–H and O–H groups in total. The van der Waals surface area contributed by atoms with E-state index in [0.717, 1.165) is 0 Å². The highest BCUT2D eigenvalue weighted by Crippen LogP contribution is 2.30. The Bertz CT molecular complexity index is 354. The molecular formula is C8H7BrClNO2. The van der Waals surface area contributed by atoms with Crippen molar-refractivity contribution >= 4 is 33.4 Å². The van der Waals surface area contributed by atoms with Gasteiger partial charge in [0.2, 0.25) is 5.91 Å². The normalized spacial score (nSPS) is 9.77. The largest absolute Gasteiger partial charge is 0.495 e. The molecule has 5 heteroatoms. The number of halogens is 2. The van der Waals surface area contributed by atoms with Gasteiger partial charge in [-0.25, -0.2) is 0 Å². The number of primary amides is 1. The minimum Gasteiger partial charge on any atom is -0.495 e. The van der Waals surface area contributed by atoms with Crippen LogP contribution in [0.2, 0.25) is 5.02 Å². The molecule has 0 unspecified atom stereocenters. The lowest BCUT2D eigenvalue weighted by Gasteiger charge is -2.05. The van der Waals surface area contributed by atoms with Gasteiger partial charge in [0.05, 0.1) is 17.7 Å². The van der Waals surface area contributed by atoms with Gasteiger partial charge in [0.25, 0.3) is 0 Å². The summed E-state index contributed by atoms with van der Waals surface area (Å²) in [6.45, 7) is 0. The van der Waals surface area contributed by atoms with Crippen molar-refractivity contribution in [3.63, 3.8) is 0 Å². The molecule has 0 aromatic heterocycles. The molecular weight excluding hydrogens is 257 g/mol. The number of benzene rings is 1. The van der Waals surface area contributed by atoms with E-state index in [-0.39, 0.29) is 0 Å². The molecule has 0 aliphatic rings. The average molecular weight is 265 g/mol. The van der Waals surface area contributed by atoms with Crippen LogP contribution in [0.15, 0.2) is 16.6 Å². The van der Waals surface area contributed by atoms with E-state index in [1.165, 1.54) is 13.2 Å². The molecule has 70 valence electrons. The van der Waals surface area contributed by atoms with Crippen LogP contribution in [-0.4, -0.2) is 13.0 Å². The fourth-order valence-electron chi connectivity index (χ4n) is 0.874. The summed E-state index contributed by atoms with van der Waals surface area (Å²) in [7, 11) is 1.50. The first-order chi connectivity index (χ1) is 6.06. The van der Waals surface area contributed by atoms with Crippen molar-refractivity contribution < 1.29 is 9.53 Å². The zero-order valence-corrected chi connectivity index (χ0v) is 9.15. The van der Waals surface area contributed by atoms with Crippen LogP contribution in [0.3, 0.4) is 0 Å². The Morgan fingerprint density at radius 1 is 1.62 bits per heavy atom. The van der Waals surface area contributed by atoms with Crippen molar-refractivity contribution in [1.82, 2.24) is 0 Å². The molecule has 13 heavy (non-hydrogen) atoms. The van der Waals surface area contributed by atoms with E-state index < -0.39 is 5.91 Å². The zero-order chi connectivity index (χ0) is 10.0. The first-order valence-electron chi connectivity index (χ1n) is 3.39. The van der Waals surface area contributed by atoms with E-state index in [2.05, 4.69) is 15.9 Å². The minimum absolute atomic E-state index is 0.339. The Kier molecular flexibility index (Phi) is 3.17. The van der Waals surface area contributed by atoms with Crippen LogP contribution in [0.4, 0.5) is 0 Å². The molecule has 1 amide bonds. The topological polar surface area (TPSA) is 52.3 Å². The summed E-state index contributed by atoms with van der Waals surface area (Å²) < 4.78 is 5.52. The second-order valence-electron chi connectivity index (χ2n) is 2.33. The van der Waals surface area contributed by atoms with Crippen molar-refractivity contribution in [1.29, 1.82) is 0 Å². The summed E-state index contributed by atoms with van der Waals surface area (Å²) >= 11 is 8.98. The van der Waals surface area contributed by atoms with Crippen LogP contribution in [0, 0.1) is 0 Å². The number of hydrogen-bond acceptors (Lipinski definition) is 2. The van der Waals surface area contributed by atoms with E-state index in [9.17, 15) is 4.79 Å². The molecule has 0 aliphatic heterocycles. The van der Waals surface area contributed by atoms with Gasteiger partial charge in [0, 0.05) is 4.47 Å². The number of hydrogen-bond donors (Lipinski definition) is 1. The van der Waals surface area contributed by atoms with Gasteiger partial charge in [-0.15, -0.1) is 0 Å². The van der Waals surface area contributed by atoms with Gasteiger partial charge >= 0.3 is 0 Å². The fourth-order valence-corrected chi connectivity index (χ4v) is 1.63. The summed E-state index contributed by atoms with van der Waals surface area (Å²) in [4.78, 5) is 10.9. The van der Waals surface area contributed by atoms with E-state index in [1.807, 2.05) is 0 Å². The van der Waals surface area contributed by atoms with Gasteiger partial charge in [0.15, 0.2) is 0 Å². The Labute approximate surface area is 88.9 Å². The van der Waals surface area contributed by atoms with Crippen LogP contribution in [0.1, 0.15) is 10.4 Å². The molecule has 1 aromatic rings. The van der Waals surface area contributed by atoms with Crippen molar-refractivity contribution in [2.24, 2.45) is 5.73 Å². The van der Waals surface area contributed by atoms with Gasteiger partial charge in [0.1, 0.15) is 5.75 Å². The highest BCUT2D eigenvalue weighted by Gasteiger charge is 2.10. The first-order valence-corrected chi connectivity index (χ1v) is 4.56. The van der Waals surface area contributed by atoms with Crippen molar-refractivity contribution in [2.75, 3.05) is 7.11 Å². The second kappa shape index (κ2) is 3.98. The summed E-state index contributed by atoms with van der Waals surface area (Å²) in [5.74, 6) is -0.0324. The van der Waals surface area contributed by atoms with E-state index in [1.54, 1.807) is 6.07 Å². The van der Waals surface area contributed by atoms with Crippen molar-refractivity contribution in [3.05, 3.63) is 27.2 Å². The Hall–Kier alpha value is -0.740. The second-order valence-corrected chi connectivity index (χ2v) is 3.59. The van der Waals surface area contributed by atoms with Gasteiger partial charge in [-0.2, -0.15) is 0 Å². The monoisotopic (exact) mass is 263 g/mol. The van der Waals surface area contributed by atoms with Crippen LogP contribution in [-0.2, 0) is 0 Å². The lowest BCUT2D eigenvalue weighted by molar-refractivity contribution is 0.0999. The molecule has 3 nitrogen and oxygen atoms in total. The SMILES string of the molecule is COc1cc(Br)c(C(N)=O)cc1Cl. The molecule has 0 radical (unpaired) electrons. The molecule has 1 aromatic carbocycles. The maximum Gasteiger partial charge on any atom is 0.249 e. The maximum absolute atomic E-state index is 10.9. The number of carbonyl (C=O) groups is 1. The quantitative estimate of drug-likeness (QED) is 0.890. The third-order valence-electron chi connectivity index (χ3n) is 1.51. The predicted octanol–water partition coefficient (Wildman–Crippen LogP) is 2.21. The third-order valence-corrected chi connectivity index (χ3v) is 2.46. The molecule has 0 saturated carbocycles. The Balaban J connectivity index is 3.28. The van der Waals surface area contributed by atoms with E-state index >= 15 is 0 Å². The number of carbonyl (C=O) groups excluding carboxylic acids is 1. The van der Waals surface area contributed by atoms with Crippen LogP contribution >= 0.6 is 27.5 Å². The van der Waals surface area contributed by atoms with Crippen molar-refractivity contribution in [2.45, 2.75) is 0 Å². The summed E-state index contributed by atoms with van der Waals surface area (Å²) in [6, 6.07) is 3.06. The van der Waals surface area contributed by atoms with E-state index in [4.69, 9.17) is 22.1 Å². The lowest BCUT2D eigenvalue weighted by Crippen LogP contribution is -2.11. The van der Waals surface area contributed by atoms with E-state index in [0.29, 0.717) is 20.8 Å². The molecule has 0 spiro atoms. The van der Waals surface area contributed by atoms with Gasteiger partial charge in [-0.1, -0.05) is 11.6 Å². The van der Waals surface area contributed by atoms with Gasteiger partial charge < -0.3 is 10.5 Å². The molecule has 0 heterocycles. The van der Waals surface area contributed by atoms with Gasteiger partial charge in [-0.05, 0) is 28.1 Å². The van der Waals surface area contributed by atoms with Gasteiger partial charge in [-0.3, -0.25) is 4.79 Å². The molecule has 0 fully saturated rings. The van der Waals surface area contributed by atoms with Crippen LogP contribution < -0.4 is 10.5 Å². The predicted molar refractivity (Wildman–Crippen MR) is 54.2 cm³/mol. The smallest absolute Gasteiger partial charge is 0.249 e. The number of methoxy groups -OCH3 is 1. The lowest BCUT2D eigenvalue weighted by atomic mass is 10.2. The molecule has 1 rings (SSSR count). The zero-order valence-electron chi connectivity index (χ0n) is 6.80. The third kappa shape index (κ3) is 2.14. The first kappa shape index (κ1) is 10.3. The number of nitrogens with two attached hydrogens (primary N) is 1. The summed E-state index contributed by atoms with van der Waals surface area (Å²) in [5.41, 5.74) is 5.45. The number of ether oxygens (including phenoxy) is 1.